The molecule has 1 saturated heterocycles. The quantitative estimate of drug-likeness (QED) is 0.529. The van der Waals surface area contributed by atoms with Crippen molar-refractivity contribution in [2.75, 3.05) is 13.1 Å². The van der Waals surface area contributed by atoms with E-state index in [0.717, 1.165) is 0 Å². The van der Waals surface area contributed by atoms with Crippen molar-refractivity contribution in [3.63, 3.8) is 0 Å². The van der Waals surface area contributed by atoms with Gasteiger partial charge < -0.3 is 5.73 Å². The summed E-state index contributed by atoms with van der Waals surface area (Å²) in [5.41, 5.74) is 5.07. The van der Waals surface area contributed by atoms with Gasteiger partial charge in [0.15, 0.2) is 0 Å². The molecule has 1 aliphatic rings. The van der Waals surface area contributed by atoms with Gasteiger partial charge in [-0.05, 0) is 0 Å². The minimum absolute atomic E-state index is 0.237. The Morgan fingerprint density at radius 3 is 2.73 bits per heavy atom. The normalized spacial score (nSPS) is 25.2. The van der Waals surface area contributed by atoms with Crippen LogP contribution in [0.2, 0.25) is 0 Å². The third-order valence-corrected chi connectivity index (χ3v) is 2.33. The average molecular weight is 175 g/mol. The van der Waals surface area contributed by atoms with Crippen LogP contribution >= 0.6 is 0 Å². The fourth-order valence-corrected chi connectivity index (χ4v) is 1.77. The number of nitrogens with zero attached hydrogens (tertiary/aromatic N) is 2. The second-order valence-electron chi connectivity index (χ2n) is 2.73. The topological polar surface area (TPSA) is 90.4 Å². The van der Waals surface area contributed by atoms with Crippen LogP contribution in [-0.2, 0) is 11.3 Å². The molecule has 0 spiro atoms. The maximum Gasteiger partial charge on any atom is 0.234 e. The Morgan fingerprint density at radius 2 is 2.36 bits per heavy atom. The molecule has 6 heteroatoms. The Hall–Kier alpha value is -0.480. The lowest BCUT2D eigenvalue weighted by molar-refractivity contribution is 0.159. The molecule has 1 heterocycles. The molecule has 62 valence electrons. The monoisotopic (exact) mass is 175 g/mol. The molecule has 1 aliphatic heterocycles. The molecule has 11 heavy (non-hydrogen) atoms. The molecule has 0 radical (unpaired) electrons. The van der Waals surface area contributed by atoms with Crippen LogP contribution in [0, 0.1) is 11.3 Å². The number of hydrogen-bond acceptors (Lipinski definition) is 3. The fraction of sp³-hybridized carbons (Fsp3) is 0.800. The molecular formula is C5H9N3O2S. The standard InChI is InChI=1S/C5H9N3O2S/c6-2-1-5(7)3-8(4-5)11(9)10/h1,3-4,7H2,(H,9,10). The highest BCUT2D eigenvalue weighted by molar-refractivity contribution is 7.76. The molecule has 0 amide bonds. The van der Waals surface area contributed by atoms with E-state index >= 15 is 0 Å². The first-order valence-corrected chi connectivity index (χ1v) is 4.15. The Balaban J connectivity index is 2.39. The van der Waals surface area contributed by atoms with Crippen molar-refractivity contribution in [1.29, 1.82) is 5.26 Å². The summed E-state index contributed by atoms with van der Waals surface area (Å²) < 4.78 is 20.2. The van der Waals surface area contributed by atoms with Gasteiger partial charge >= 0.3 is 0 Å². The van der Waals surface area contributed by atoms with Crippen LogP contribution in [0.3, 0.4) is 0 Å². The SMILES string of the molecule is N#CCC1(N)CN(S(=O)O)C1. The van der Waals surface area contributed by atoms with Gasteiger partial charge in [0.2, 0.25) is 11.3 Å². The Bertz CT molecular complexity index is 218. The summed E-state index contributed by atoms with van der Waals surface area (Å²) in [4.78, 5) is 0. The molecule has 1 unspecified atom stereocenters. The van der Waals surface area contributed by atoms with Crippen molar-refractivity contribution in [3.05, 3.63) is 0 Å². The maximum absolute atomic E-state index is 10.4. The van der Waals surface area contributed by atoms with Crippen molar-refractivity contribution < 1.29 is 8.76 Å². The van der Waals surface area contributed by atoms with E-state index < -0.39 is 16.8 Å². The van der Waals surface area contributed by atoms with Gasteiger partial charge in [0, 0.05) is 13.1 Å². The second-order valence-corrected chi connectivity index (χ2v) is 3.70. The van der Waals surface area contributed by atoms with Gasteiger partial charge in [0.25, 0.3) is 0 Å². The highest BCUT2D eigenvalue weighted by atomic mass is 32.2. The first-order chi connectivity index (χ1) is 5.07. The summed E-state index contributed by atoms with van der Waals surface area (Å²) in [5.74, 6) is 0. The van der Waals surface area contributed by atoms with E-state index in [0.29, 0.717) is 13.1 Å². The minimum Gasteiger partial charge on any atom is -0.322 e. The Kier molecular flexibility index (Phi) is 2.25. The lowest BCUT2D eigenvalue weighted by Crippen LogP contribution is -2.67. The smallest absolute Gasteiger partial charge is 0.234 e. The molecule has 0 aliphatic carbocycles. The minimum atomic E-state index is -1.93. The molecule has 0 aromatic rings. The van der Waals surface area contributed by atoms with Crippen molar-refractivity contribution in [2.24, 2.45) is 5.73 Å². The van der Waals surface area contributed by atoms with Crippen LogP contribution < -0.4 is 5.73 Å². The van der Waals surface area contributed by atoms with Crippen molar-refractivity contribution in [3.8, 4) is 6.07 Å². The number of hydrogen-bond donors (Lipinski definition) is 2. The summed E-state index contributed by atoms with van der Waals surface area (Å²) >= 11 is -1.93. The second kappa shape index (κ2) is 2.87. The van der Waals surface area contributed by atoms with Gasteiger partial charge in [-0.25, -0.2) is 4.21 Å². The van der Waals surface area contributed by atoms with E-state index in [2.05, 4.69) is 0 Å². The van der Waals surface area contributed by atoms with Gasteiger partial charge in [0.1, 0.15) is 0 Å². The Morgan fingerprint density at radius 1 is 1.82 bits per heavy atom. The van der Waals surface area contributed by atoms with E-state index in [-0.39, 0.29) is 6.42 Å². The molecule has 0 aromatic carbocycles. The van der Waals surface area contributed by atoms with Gasteiger partial charge in [-0.1, -0.05) is 0 Å². The molecule has 0 saturated carbocycles. The summed E-state index contributed by atoms with van der Waals surface area (Å²) in [5, 5.41) is 8.30. The molecule has 0 aromatic heterocycles. The first-order valence-electron chi connectivity index (χ1n) is 3.09. The summed E-state index contributed by atoms with van der Waals surface area (Å²) in [6.45, 7) is 0.646. The molecule has 0 bridgehead atoms. The summed E-state index contributed by atoms with van der Waals surface area (Å²) in [6, 6.07) is 1.94. The van der Waals surface area contributed by atoms with E-state index in [4.69, 9.17) is 15.5 Å². The zero-order valence-corrected chi connectivity index (χ0v) is 6.67. The van der Waals surface area contributed by atoms with E-state index in [1.165, 1.54) is 4.31 Å². The molecule has 5 nitrogen and oxygen atoms in total. The predicted octanol–water partition coefficient (Wildman–Crippen LogP) is -0.950. The van der Waals surface area contributed by atoms with Crippen LogP contribution in [0.1, 0.15) is 6.42 Å². The third kappa shape index (κ3) is 1.75. The van der Waals surface area contributed by atoms with Gasteiger partial charge in [-0.15, -0.1) is 0 Å². The van der Waals surface area contributed by atoms with Crippen molar-refractivity contribution >= 4 is 11.3 Å². The summed E-state index contributed by atoms with van der Waals surface area (Å²) in [7, 11) is 0. The van der Waals surface area contributed by atoms with Gasteiger partial charge in [0.05, 0.1) is 18.0 Å². The largest absolute Gasteiger partial charge is 0.322 e. The molecule has 1 rings (SSSR count). The number of rotatable bonds is 2. The molecule has 1 fully saturated rings. The van der Waals surface area contributed by atoms with E-state index in [1.807, 2.05) is 6.07 Å². The van der Waals surface area contributed by atoms with Crippen molar-refractivity contribution in [1.82, 2.24) is 4.31 Å². The van der Waals surface area contributed by atoms with Crippen LogP contribution in [0.25, 0.3) is 0 Å². The van der Waals surface area contributed by atoms with Gasteiger partial charge in [-0.2, -0.15) is 9.57 Å². The van der Waals surface area contributed by atoms with Crippen molar-refractivity contribution in [2.45, 2.75) is 12.0 Å². The summed E-state index contributed by atoms with van der Waals surface area (Å²) in [6.07, 6.45) is 0.237. The third-order valence-electron chi connectivity index (χ3n) is 1.63. The van der Waals surface area contributed by atoms with E-state index in [1.54, 1.807) is 0 Å². The Labute approximate surface area is 67.2 Å². The number of nitriles is 1. The first kappa shape index (κ1) is 8.62. The fourth-order valence-electron chi connectivity index (χ4n) is 1.04. The molecule has 1 atom stereocenters. The number of nitrogens with two attached hydrogens (primary N) is 1. The molecular weight excluding hydrogens is 166 g/mol. The highest BCUT2D eigenvalue weighted by Gasteiger charge is 2.41. The van der Waals surface area contributed by atoms with E-state index in [9.17, 15) is 4.21 Å². The van der Waals surface area contributed by atoms with Crippen LogP contribution in [-0.4, -0.2) is 31.7 Å². The van der Waals surface area contributed by atoms with Crippen LogP contribution in [0.4, 0.5) is 0 Å². The zero-order valence-electron chi connectivity index (χ0n) is 5.86. The lowest BCUT2D eigenvalue weighted by Gasteiger charge is -2.43. The zero-order chi connectivity index (χ0) is 8.48. The highest BCUT2D eigenvalue weighted by Crippen LogP contribution is 2.21. The molecule has 3 N–H and O–H groups in total. The predicted molar refractivity (Wildman–Crippen MR) is 39.5 cm³/mol. The lowest BCUT2D eigenvalue weighted by atomic mass is 9.91. The van der Waals surface area contributed by atoms with Crippen LogP contribution in [0.5, 0.6) is 0 Å². The van der Waals surface area contributed by atoms with Gasteiger partial charge in [-0.3, -0.25) is 4.55 Å². The average Bonchev–Trinajstić information content (AvgIpc) is 1.82. The maximum atomic E-state index is 10.4. The van der Waals surface area contributed by atoms with Crippen LogP contribution in [0.15, 0.2) is 0 Å².